The van der Waals surface area contributed by atoms with Crippen LogP contribution in [0.2, 0.25) is 0 Å². The number of sulfonamides is 1. The van der Waals surface area contributed by atoms with E-state index in [1.807, 2.05) is 56.3 Å². The fraction of sp³-hybridized carbons (Fsp3) is 0.367. The molecule has 2 N–H and O–H groups in total. The number of hydrogen-bond donors (Lipinski definition) is 1. The van der Waals surface area contributed by atoms with E-state index in [9.17, 15) is 13.2 Å². The number of hydrogen-bond acceptors (Lipinski definition) is 6. The molecule has 0 saturated heterocycles. The zero-order valence-corrected chi connectivity index (χ0v) is 23.1. The van der Waals surface area contributed by atoms with Crippen LogP contribution in [0.1, 0.15) is 61.5 Å². The summed E-state index contributed by atoms with van der Waals surface area (Å²) in [7, 11) is -0.649. The quantitative estimate of drug-likeness (QED) is 0.269. The average molecular weight is 538 g/mol. The Labute approximate surface area is 225 Å². The van der Waals surface area contributed by atoms with Gasteiger partial charge in [0.2, 0.25) is 10.0 Å². The molecule has 3 aromatic rings. The van der Waals surface area contributed by atoms with Crippen molar-refractivity contribution < 1.29 is 27.4 Å². The van der Waals surface area contributed by atoms with Gasteiger partial charge in [0.15, 0.2) is 0 Å². The van der Waals surface area contributed by atoms with Gasteiger partial charge in [0.1, 0.15) is 17.6 Å². The van der Waals surface area contributed by atoms with Crippen LogP contribution in [0.15, 0.2) is 60.7 Å². The number of methoxy groups -OCH3 is 2. The highest BCUT2D eigenvalue weighted by Crippen LogP contribution is 2.49. The number of carbonyl (C=O) groups excluding carboxylic acids is 1. The average Bonchev–Trinajstić information content (AvgIpc) is 2.88. The normalized spacial score (nSPS) is 14.7. The highest BCUT2D eigenvalue weighted by Gasteiger charge is 2.31. The lowest BCUT2D eigenvalue weighted by atomic mass is 9.86. The van der Waals surface area contributed by atoms with Crippen LogP contribution >= 0.6 is 0 Å². The molecule has 1 heterocycles. The molecule has 0 saturated carbocycles. The number of rotatable bonds is 10. The third kappa shape index (κ3) is 6.19. The van der Waals surface area contributed by atoms with E-state index in [-0.39, 0.29) is 11.7 Å². The molecule has 0 aromatic heterocycles. The monoisotopic (exact) mass is 537 g/mol. The van der Waals surface area contributed by atoms with Crippen molar-refractivity contribution in [2.75, 3.05) is 14.2 Å². The second-order valence-electron chi connectivity index (χ2n) is 10.4. The number of aryl methyl sites for hydroxylation is 1. The van der Waals surface area contributed by atoms with Crippen molar-refractivity contribution in [3.05, 3.63) is 82.9 Å². The Kier molecular flexibility index (Phi) is 8.13. The fourth-order valence-corrected chi connectivity index (χ4v) is 5.69. The van der Waals surface area contributed by atoms with Crippen LogP contribution in [0.5, 0.6) is 11.5 Å². The number of fused-ring (bicyclic) bond motifs is 3. The summed E-state index contributed by atoms with van der Waals surface area (Å²) >= 11 is 0. The van der Waals surface area contributed by atoms with Crippen LogP contribution in [0.4, 0.5) is 0 Å². The summed E-state index contributed by atoms with van der Waals surface area (Å²) < 4.78 is 40.7. The van der Waals surface area contributed by atoms with Gasteiger partial charge in [-0.05, 0) is 67.5 Å². The van der Waals surface area contributed by atoms with Crippen LogP contribution in [-0.4, -0.2) is 28.6 Å². The number of primary sulfonamides is 1. The Hall–Kier alpha value is -3.36. The maximum Gasteiger partial charge on any atom is 0.311 e. The van der Waals surface area contributed by atoms with Gasteiger partial charge in [-0.3, -0.25) is 4.79 Å². The van der Waals surface area contributed by atoms with Gasteiger partial charge < -0.3 is 14.2 Å². The smallest absolute Gasteiger partial charge is 0.311 e. The molecule has 0 bridgehead atoms. The van der Waals surface area contributed by atoms with Crippen LogP contribution in [0.3, 0.4) is 0 Å². The lowest BCUT2D eigenvalue weighted by Gasteiger charge is -2.31. The van der Waals surface area contributed by atoms with Crippen LogP contribution < -0.4 is 14.6 Å². The van der Waals surface area contributed by atoms with E-state index in [1.165, 1.54) is 12.7 Å². The minimum atomic E-state index is -3.69. The zero-order valence-electron chi connectivity index (χ0n) is 22.3. The van der Waals surface area contributed by atoms with E-state index >= 15 is 0 Å². The van der Waals surface area contributed by atoms with Gasteiger partial charge in [-0.2, -0.15) is 0 Å². The summed E-state index contributed by atoms with van der Waals surface area (Å²) in [5.41, 5.74) is 4.87. The molecule has 4 rings (SSSR count). The molecule has 0 spiro atoms. The van der Waals surface area contributed by atoms with Crippen molar-refractivity contribution in [2.45, 2.75) is 51.4 Å². The van der Waals surface area contributed by atoms with Crippen LogP contribution in [-0.2, 0) is 31.7 Å². The summed E-state index contributed by atoms with van der Waals surface area (Å²) in [6.07, 6.45) is 3.02. The minimum Gasteiger partial charge on any atom is -0.496 e. The second-order valence-corrected chi connectivity index (χ2v) is 12.0. The lowest BCUT2D eigenvalue weighted by molar-refractivity contribution is -0.151. The molecule has 1 aliphatic rings. The predicted octanol–water partition coefficient (Wildman–Crippen LogP) is 5.54. The van der Waals surface area contributed by atoms with E-state index in [2.05, 4.69) is 12.1 Å². The molecule has 7 nitrogen and oxygen atoms in total. The van der Waals surface area contributed by atoms with Crippen molar-refractivity contribution in [1.29, 1.82) is 0 Å². The highest BCUT2D eigenvalue weighted by atomic mass is 32.2. The third-order valence-corrected chi connectivity index (χ3v) is 7.73. The van der Waals surface area contributed by atoms with Gasteiger partial charge >= 0.3 is 5.97 Å². The van der Waals surface area contributed by atoms with Crippen molar-refractivity contribution in [2.24, 2.45) is 10.6 Å². The van der Waals surface area contributed by atoms with Crippen molar-refractivity contribution >= 4 is 16.0 Å². The third-order valence-electron chi connectivity index (χ3n) is 7.00. The molecule has 0 aliphatic carbocycles. The molecule has 38 heavy (non-hydrogen) atoms. The van der Waals surface area contributed by atoms with Crippen molar-refractivity contribution in [3.8, 4) is 22.6 Å². The molecular formula is C30H35NO6S. The first-order chi connectivity index (χ1) is 18.0. The number of unbranched alkanes of at least 4 members (excludes halogenated alkanes) is 1. The second kappa shape index (κ2) is 11.2. The first-order valence-electron chi connectivity index (χ1n) is 12.7. The van der Waals surface area contributed by atoms with Gasteiger partial charge in [0.05, 0.1) is 31.0 Å². The van der Waals surface area contributed by atoms with E-state index in [0.717, 1.165) is 47.9 Å². The predicted molar refractivity (Wildman–Crippen MR) is 148 cm³/mol. The largest absolute Gasteiger partial charge is 0.496 e. The van der Waals surface area contributed by atoms with Gasteiger partial charge in [0, 0.05) is 5.56 Å². The molecular weight excluding hydrogens is 502 g/mol. The Morgan fingerprint density at radius 1 is 1.00 bits per heavy atom. The van der Waals surface area contributed by atoms with E-state index < -0.39 is 21.5 Å². The van der Waals surface area contributed by atoms with Crippen molar-refractivity contribution in [3.63, 3.8) is 0 Å². The summed E-state index contributed by atoms with van der Waals surface area (Å²) in [6.45, 7) is 3.82. The number of carbonyl (C=O) groups is 1. The molecule has 0 fully saturated rings. The van der Waals surface area contributed by atoms with E-state index in [4.69, 9.17) is 19.3 Å². The summed E-state index contributed by atoms with van der Waals surface area (Å²) in [5, 5.41) is 5.34. The van der Waals surface area contributed by atoms with E-state index in [1.54, 1.807) is 13.2 Å². The van der Waals surface area contributed by atoms with Gasteiger partial charge in [-0.25, -0.2) is 13.6 Å². The van der Waals surface area contributed by atoms with Crippen LogP contribution in [0.25, 0.3) is 11.1 Å². The molecule has 1 atom stereocenters. The van der Waals surface area contributed by atoms with Crippen molar-refractivity contribution in [1.82, 2.24) is 0 Å². The molecule has 8 heteroatoms. The summed E-state index contributed by atoms with van der Waals surface area (Å²) in [5.74, 6) is 0.946. The van der Waals surface area contributed by atoms with E-state index in [0.29, 0.717) is 17.1 Å². The molecule has 0 amide bonds. The first kappa shape index (κ1) is 27.7. The number of benzene rings is 3. The highest BCUT2D eigenvalue weighted by molar-refractivity contribution is 7.88. The molecule has 0 radical (unpaired) electrons. The number of ether oxygens (including phenoxy) is 3. The molecule has 1 unspecified atom stereocenters. The van der Waals surface area contributed by atoms with Crippen LogP contribution in [0, 0.1) is 5.41 Å². The number of esters is 1. The standard InChI is InChI=1S/C30H35NO6S/c1-30(2,29(32)36-4)16-6-5-9-20-10-7-11-22(17-20)28-24-18-21(19-38(31,33)34)14-15-23(24)27-25(35-3)12-8-13-26(27)37-28/h7-8,10-15,17-18,28H,5-6,9,16,19H2,1-4H3,(H2,31,33,34). The Bertz CT molecular complexity index is 1430. The Morgan fingerprint density at radius 3 is 2.47 bits per heavy atom. The Morgan fingerprint density at radius 2 is 1.76 bits per heavy atom. The van der Waals surface area contributed by atoms with Gasteiger partial charge in [-0.15, -0.1) is 0 Å². The maximum atomic E-state index is 12.0. The Balaban J connectivity index is 1.63. The number of nitrogens with two attached hydrogens (primary N) is 1. The van der Waals surface area contributed by atoms with Gasteiger partial charge in [-0.1, -0.05) is 55.0 Å². The SMILES string of the molecule is COC(=O)C(C)(C)CCCCc1cccc(C2Oc3cccc(OC)c3-c3ccc(CS(N)(=O)=O)cc32)c1. The fourth-order valence-electron chi connectivity index (χ4n) is 5.05. The minimum absolute atomic E-state index is 0.189. The molecule has 3 aromatic carbocycles. The zero-order chi connectivity index (χ0) is 27.5. The molecule has 1 aliphatic heterocycles. The first-order valence-corrected chi connectivity index (χ1v) is 14.4. The maximum absolute atomic E-state index is 12.0. The lowest BCUT2D eigenvalue weighted by Crippen LogP contribution is -2.25. The topological polar surface area (TPSA) is 105 Å². The summed E-state index contributed by atoms with van der Waals surface area (Å²) in [4.78, 5) is 12.0. The summed E-state index contributed by atoms with van der Waals surface area (Å²) in [6, 6.07) is 19.5. The van der Waals surface area contributed by atoms with Gasteiger partial charge in [0.25, 0.3) is 0 Å². The molecule has 202 valence electrons.